The van der Waals surface area contributed by atoms with E-state index in [-0.39, 0.29) is 30.5 Å². The number of aromatic nitrogens is 1. The number of rotatable bonds is 8. The van der Waals surface area contributed by atoms with Gasteiger partial charge in [0.25, 0.3) is 11.5 Å². The van der Waals surface area contributed by atoms with E-state index in [1.807, 2.05) is 13.8 Å². The van der Waals surface area contributed by atoms with Gasteiger partial charge in [0.1, 0.15) is 11.5 Å². The van der Waals surface area contributed by atoms with E-state index in [2.05, 4.69) is 5.32 Å². The van der Waals surface area contributed by atoms with Gasteiger partial charge in [0, 0.05) is 45.0 Å². The Morgan fingerprint density at radius 3 is 2.36 bits per heavy atom. The Labute approximate surface area is 192 Å². The molecule has 0 radical (unpaired) electrons. The third kappa shape index (κ3) is 5.47. The van der Waals surface area contributed by atoms with Crippen LogP contribution in [0.2, 0.25) is 0 Å². The van der Waals surface area contributed by atoms with Crippen molar-refractivity contribution in [3.8, 4) is 0 Å². The van der Waals surface area contributed by atoms with Gasteiger partial charge in [0.05, 0.1) is 11.5 Å². The Morgan fingerprint density at radius 1 is 1.12 bits per heavy atom. The Bertz CT molecular complexity index is 1090. The molecule has 1 aliphatic rings. The van der Waals surface area contributed by atoms with Crippen molar-refractivity contribution in [2.45, 2.75) is 33.1 Å². The van der Waals surface area contributed by atoms with Crippen molar-refractivity contribution in [2.24, 2.45) is 13.0 Å². The number of carbonyl (C=O) groups excluding carboxylic acids is 3. The standard InChI is InChI=1S/C24H29FN4O4/c1-4-10-28(11-5-2)23(32)17-12-20(24(33)27(3)14-17)26-22(31)16-13-21(30)29(15-16)19-8-6-18(25)7-9-19/h6-9,12,14,16H,4-5,10-11,13,15H2,1-3H3,(H,26,31). The van der Waals surface area contributed by atoms with Crippen LogP contribution < -0.4 is 15.8 Å². The van der Waals surface area contributed by atoms with Crippen LogP contribution in [0, 0.1) is 11.7 Å². The monoisotopic (exact) mass is 456 g/mol. The van der Waals surface area contributed by atoms with E-state index in [0.717, 1.165) is 12.8 Å². The average molecular weight is 457 g/mol. The quantitative estimate of drug-likeness (QED) is 0.661. The van der Waals surface area contributed by atoms with E-state index in [9.17, 15) is 23.6 Å². The van der Waals surface area contributed by atoms with Crippen molar-refractivity contribution < 1.29 is 18.8 Å². The van der Waals surface area contributed by atoms with Crippen LogP contribution in [0.5, 0.6) is 0 Å². The first-order valence-corrected chi connectivity index (χ1v) is 11.1. The van der Waals surface area contributed by atoms with E-state index in [0.29, 0.717) is 24.3 Å². The maximum Gasteiger partial charge on any atom is 0.274 e. The lowest BCUT2D eigenvalue weighted by Crippen LogP contribution is -2.35. The van der Waals surface area contributed by atoms with Crippen LogP contribution >= 0.6 is 0 Å². The molecule has 3 rings (SSSR count). The van der Waals surface area contributed by atoms with Crippen molar-refractivity contribution in [3.05, 3.63) is 58.3 Å². The molecule has 33 heavy (non-hydrogen) atoms. The molecule has 1 unspecified atom stereocenters. The van der Waals surface area contributed by atoms with Gasteiger partial charge in [0.2, 0.25) is 11.8 Å². The molecular weight excluding hydrogens is 427 g/mol. The number of nitrogens with zero attached hydrogens (tertiary/aromatic N) is 3. The van der Waals surface area contributed by atoms with Crippen molar-refractivity contribution in [3.63, 3.8) is 0 Å². The van der Waals surface area contributed by atoms with Crippen LogP contribution in [0.15, 0.2) is 41.3 Å². The number of anilines is 2. The fourth-order valence-corrected chi connectivity index (χ4v) is 3.94. The van der Waals surface area contributed by atoms with Crippen LogP contribution in [0.3, 0.4) is 0 Å². The lowest BCUT2D eigenvalue weighted by atomic mass is 10.1. The molecule has 2 aromatic rings. The van der Waals surface area contributed by atoms with Crippen molar-refractivity contribution in [1.29, 1.82) is 0 Å². The highest BCUT2D eigenvalue weighted by Crippen LogP contribution is 2.26. The van der Waals surface area contributed by atoms with Gasteiger partial charge in [-0.15, -0.1) is 0 Å². The van der Waals surface area contributed by atoms with Crippen molar-refractivity contribution >= 4 is 29.1 Å². The minimum Gasteiger partial charge on any atom is -0.339 e. The zero-order valence-electron chi connectivity index (χ0n) is 19.1. The normalized spacial score (nSPS) is 15.6. The van der Waals surface area contributed by atoms with Crippen LogP contribution in [0.4, 0.5) is 15.8 Å². The van der Waals surface area contributed by atoms with E-state index >= 15 is 0 Å². The molecule has 0 saturated carbocycles. The highest BCUT2D eigenvalue weighted by molar-refractivity contribution is 6.04. The first kappa shape index (κ1) is 24.2. The molecule has 0 spiro atoms. The van der Waals surface area contributed by atoms with Gasteiger partial charge in [0.15, 0.2) is 0 Å². The number of aryl methyl sites for hydroxylation is 1. The minimum absolute atomic E-state index is 0.00558. The number of hydrogen-bond donors (Lipinski definition) is 1. The molecule has 0 bridgehead atoms. The summed E-state index contributed by atoms with van der Waals surface area (Å²) in [5.41, 5.74) is 0.364. The predicted octanol–water partition coefficient (Wildman–Crippen LogP) is 2.78. The third-order valence-electron chi connectivity index (χ3n) is 5.60. The molecule has 1 fully saturated rings. The summed E-state index contributed by atoms with van der Waals surface area (Å²) in [6, 6.07) is 6.87. The molecule has 8 nitrogen and oxygen atoms in total. The summed E-state index contributed by atoms with van der Waals surface area (Å²) in [5.74, 6) is -2.03. The number of carbonyl (C=O) groups is 3. The van der Waals surface area contributed by atoms with Gasteiger partial charge < -0.3 is 19.7 Å². The summed E-state index contributed by atoms with van der Waals surface area (Å²) in [7, 11) is 1.52. The summed E-state index contributed by atoms with van der Waals surface area (Å²) >= 11 is 0. The number of pyridine rings is 1. The van der Waals surface area contributed by atoms with Crippen LogP contribution in [-0.4, -0.2) is 46.8 Å². The van der Waals surface area contributed by atoms with Crippen LogP contribution in [0.1, 0.15) is 43.5 Å². The van der Waals surface area contributed by atoms with E-state index in [4.69, 9.17) is 0 Å². The number of nitrogens with one attached hydrogen (secondary N) is 1. The average Bonchev–Trinajstić information content (AvgIpc) is 3.18. The largest absolute Gasteiger partial charge is 0.339 e. The van der Waals surface area contributed by atoms with E-state index in [1.54, 1.807) is 4.90 Å². The molecular formula is C24H29FN4O4. The minimum atomic E-state index is -0.678. The molecule has 1 N–H and O–H groups in total. The summed E-state index contributed by atoms with van der Waals surface area (Å²) in [5, 5.41) is 2.61. The summed E-state index contributed by atoms with van der Waals surface area (Å²) in [6.45, 7) is 5.29. The molecule has 1 saturated heterocycles. The highest BCUT2D eigenvalue weighted by Gasteiger charge is 2.35. The molecule has 9 heteroatoms. The van der Waals surface area contributed by atoms with Gasteiger partial charge in [-0.1, -0.05) is 13.8 Å². The molecule has 1 aromatic heterocycles. The molecule has 1 atom stereocenters. The summed E-state index contributed by atoms with van der Waals surface area (Å²) in [6.07, 6.45) is 3.06. The number of hydrogen-bond acceptors (Lipinski definition) is 4. The zero-order valence-corrected chi connectivity index (χ0v) is 19.1. The number of halogens is 1. The highest BCUT2D eigenvalue weighted by atomic mass is 19.1. The SMILES string of the molecule is CCCN(CCC)C(=O)c1cc(NC(=O)C2CC(=O)N(c3ccc(F)cc3)C2)c(=O)n(C)c1. The van der Waals surface area contributed by atoms with Gasteiger partial charge in [-0.25, -0.2) is 4.39 Å². The molecule has 3 amide bonds. The summed E-state index contributed by atoms with van der Waals surface area (Å²) in [4.78, 5) is 54.0. The Balaban J connectivity index is 1.78. The lowest BCUT2D eigenvalue weighted by molar-refractivity contribution is -0.122. The number of amides is 3. The first-order chi connectivity index (χ1) is 15.7. The van der Waals surface area contributed by atoms with Gasteiger partial charge in [-0.3, -0.25) is 19.2 Å². The first-order valence-electron chi connectivity index (χ1n) is 11.1. The maximum absolute atomic E-state index is 13.2. The second-order valence-corrected chi connectivity index (χ2v) is 8.22. The number of benzene rings is 1. The van der Waals surface area contributed by atoms with Crippen LogP contribution in [-0.2, 0) is 16.6 Å². The molecule has 0 aliphatic carbocycles. The fourth-order valence-electron chi connectivity index (χ4n) is 3.94. The smallest absolute Gasteiger partial charge is 0.274 e. The second kappa shape index (κ2) is 10.4. The Kier molecular flexibility index (Phi) is 7.63. The third-order valence-corrected chi connectivity index (χ3v) is 5.60. The van der Waals surface area contributed by atoms with Crippen LogP contribution in [0.25, 0.3) is 0 Å². The topological polar surface area (TPSA) is 91.7 Å². The summed E-state index contributed by atoms with van der Waals surface area (Å²) < 4.78 is 14.5. The van der Waals surface area contributed by atoms with Gasteiger partial charge in [-0.05, 0) is 43.2 Å². The maximum atomic E-state index is 13.2. The molecule has 176 valence electrons. The van der Waals surface area contributed by atoms with E-state index in [1.165, 1.54) is 53.0 Å². The molecule has 2 heterocycles. The van der Waals surface area contributed by atoms with Gasteiger partial charge >= 0.3 is 0 Å². The molecule has 1 aliphatic heterocycles. The van der Waals surface area contributed by atoms with Crippen molar-refractivity contribution in [1.82, 2.24) is 9.47 Å². The predicted molar refractivity (Wildman–Crippen MR) is 124 cm³/mol. The van der Waals surface area contributed by atoms with E-state index < -0.39 is 23.2 Å². The Morgan fingerprint density at radius 2 is 1.76 bits per heavy atom. The van der Waals surface area contributed by atoms with Crippen molar-refractivity contribution in [2.75, 3.05) is 29.9 Å². The fraction of sp³-hybridized carbons (Fsp3) is 0.417. The molecule has 1 aromatic carbocycles. The Hall–Kier alpha value is -3.49. The second-order valence-electron chi connectivity index (χ2n) is 8.22. The van der Waals surface area contributed by atoms with Gasteiger partial charge in [-0.2, -0.15) is 0 Å². The lowest BCUT2D eigenvalue weighted by Gasteiger charge is -2.22. The zero-order chi connectivity index (χ0) is 24.1.